The summed E-state index contributed by atoms with van der Waals surface area (Å²) < 4.78 is 40.8. The van der Waals surface area contributed by atoms with Crippen molar-refractivity contribution in [3.8, 4) is 0 Å². The van der Waals surface area contributed by atoms with E-state index in [0.717, 1.165) is 0 Å². The second kappa shape index (κ2) is 2.37. The predicted octanol–water partition coefficient (Wildman–Crippen LogP) is 4.79. The number of hydrogen-bond donors (Lipinski definition) is 0. The van der Waals surface area contributed by atoms with Crippen LogP contribution in [-0.4, -0.2) is 10.3 Å². The Morgan fingerprint density at radius 1 is 0.667 bits per heavy atom. The van der Waals surface area contributed by atoms with Gasteiger partial charge in [-0.2, -0.15) is 0 Å². The fourth-order valence-electron chi connectivity index (χ4n) is 1.01. The first kappa shape index (κ1) is 12.2. The van der Waals surface area contributed by atoms with E-state index < -0.39 is 17.8 Å². The zero-order valence-electron chi connectivity index (χ0n) is 8.58. The predicted molar refractivity (Wildman–Crippen MR) is 49.8 cm³/mol. The van der Waals surface area contributed by atoms with Gasteiger partial charge in [0.15, 0.2) is 0 Å². The molecule has 0 saturated carbocycles. The van der Waals surface area contributed by atoms with Gasteiger partial charge in [-0.05, 0) is 0 Å². The first-order valence-corrected chi connectivity index (χ1v) is 5.86. The molecule has 0 aliphatic heterocycles. The van der Waals surface area contributed by atoms with E-state index >= 15 is 0 Å². The van der Waals surface area contributed by atoms with Crippen molar-refractivity contribution in [3.63, 3.8) is 0 Å². The average molecular weight is 202 g/mol. The van der Waals surface area contributed by atoms with Crippen LogP contribution < -0.4 is 0 Å². The van der Waals surface area contributed by atoms with E-state index in [1.54, 1.807) is 0 Å². The Morgan fingerprint density at radius 2 is 0.833 bits per heavy atom. The second-order valence-corrected chi connectivity index (χ2v) is 9.46. The van der Waals surface area contributed by atoms with Gasteiger partial charge in [0, 0.05) is 0 Å². The molecule has 12 heavy (non-hydrogen) atoms. The van der Waals surface area contributed by atoms with Crippen LogP contribution in [-0.2, 0) is 0 Å². The third-order valence-electron chi connectivity index (χ3n) is 2.19. The molecular weight excluding hydrogens is 184 g/mol. The summed E-state index contributed by atoms with van der Waals surface area (Å²) >= 11 is 0. The van der Waals surface area contributed by atoms with Crippen molar-refractivity contribution in [1.82, 2.24) is 0 Å². The summed E-state index contributed by atoms with van der Waals surface area (Å²) in [4.78, 5) is 0. The van der Waals surface area contributed by atoms with Crippen LogP contribution >= 0.6 is 7.54 Å². The summed E-state index contributed by atoms with van der Waals surface area (Å²) in [5.74, 6) is 0. The van der Waals surface area contributed by atoms with Crippen LogP contribution in [0.3, 0.4) is 0 Å². The van der Waals surface area contributed by atoms with Gasteiger partial charge in [-0.3, -0.25) is 0 Å². The van der Waals surface area contributed by atoms with Crippen molar-refractivity contribution in [2.45, 2.75) is 51.9 Å². The standard InChI is InChI=1S/C8H18F3P/c1-7(2,3)12(9,10,11)8(4,5)6/h1-6H3. The van der Waals surface area contributed by atoms with Gasteiger partial charge < -0.3 is 0 Å². The van der Waals surface area contributed by atoms with E-state index in [4.69, 9.17) is 0 Å². The molecule has 0 radical (unpaired) electrons. The number of halogens is 3. The Balaban J connectivity index is 5.29. The van der Waals surface area contributed by atoms with Gasteiger partial charge in [0.25, 0.3) is 0 Å². The average Bonchev–Trinajstić information content (AvgIpc) is 1.55. The Kier molecular flexibility index (Phi) is 2.42. The summed E-state index contributed by atoms with van der Waals surface area (Å²) in [6.45, 7) is 7.56. The molecule has 0 aliphatic rings. The molecule has 0 bridgehead atoms. The molecule has 4 heteroatoms. The van der Waals surface area contributed by atoms with Crippen molar-refractivity contribution in [1.29, 1.82) is 0 Å². The van der Waals surface area contributed by atoms with Gasteiger partial charge >= 0.3 is 72.0 Å². The first-order valence-electron chi connectivity index (χ1n) is 3.95. The van der Waals surface area contributed by atoms with Gasteiger partial charge in [-0.1, -0.05) is 0 Å². The summed E-state index contributed by atoms with van der Waals surface area (Å²) in [5, 5.41) is -3.10. The van der Waals surface area contributed by atoms with Crippen molar-refractivity contribution < 1.29 is 12.6 Å². The molecule has 0 aromatic rings. The molecule has 0 aliphatic carbocycles. The molecule has 0 atom stereocenters. The van der Waals surface area contributed by atoms with Crippen LogP contribution in [0.4, 0.5) is 12.6 Å². The molecule has 0 amide bonds. The van der Waals surface area contributed by atoms with Crippen LogP contribution in [0.1, 0.15) is 41.5 Å². The first-order chi connectivity index (χ1) is 4.79. The SMILES string of the molecule is CC(C)(C)P(F)(F)(F)C(C)(C)C. The van der Waals surface area contributed by atoms with Crippen molar-refractivity contribution in [2.75, 3.05) is 0 Å². The fraction of sp³-hybridized carbons (Fsp3) is 1.00. The van der Waals surface area contributed by atoms with E-state index in [2.05, 4.69) is 0 Å². The molecule has 0 saturated heterocycles. The zero-order valence-corrected chi connectivity index (χ0v) is 9.48. The maximum atomic E-state index is 13.6. The van der Waals surface area contributed by atoms with Crippen molar-refractivity contribution in [2.24, 2.45) is 0 Å². The third kappa shape index (κ3) is 1.48. The van der Waals surface area contributed by atoms with Gasteiger partial charge in [0.05, 0.1) is 0 Å². The van der Waals surface area contributed by atoms with Crippen LogP contribution in [0, 0.1) is 0 Å². The van der Waals surface area contributed by atoms with E-state index in [9.17, 15) is 12.6 Å². The van der Waals surface area contributed by atoms with Crippen LogP contribution in [0.25, 0.3) is 0 Å². The summed E-state index contributed by atoms with van der Waals surface area (Å²) in [6, 6.07) is 0. The van der Waals surface area contributed by atoms with E-state index in [1.807, 2.05) is 0 Å². The van der Waals surface area contributed by atoms with Crippen molar-refractivity contribution in [3.05, 3.63) is 0 Å². The number of rotatable bonds is 0. The Hall–Kier alpha value is 0.220. The molecule has 0 fully saturated rings. The van der Waals surface area contributed by atoms with E-state index in [-0.39, 0.29) is 0 Å². The molecule has 0 N–H and O–H groups in total. The van der Waals surface area contributed by atoms with Crippen molar-refractivity contribution >= 4 is 7.54 Å². The van der Waals surface area contributed by atoms with E-state index in [0.29, 0.717) is 0 Å². The van der Waals surface area contributed by atoms with Gasteiger partial charge in [0.2, 0.25) is 0 Å². The normalized spacial score (nSPS) is 18.6. The fourth-order valence-corrected chi connectivity index (χ4v) is 3.02. The Morgan fingerprint density at radius 3 is 0.833 bits per heavy atom. The van der Waals surface area contributed by atoms with Gasteiger partial charge in [-0.15, -0.1) is 0 Å². The summed E-state index contributed by atoms with van der Waals surface area (Å²) in [7, 11) is -6.08. The quantitative estimate of drug-likeness (QED) is 0.495. The Bertz CT molecular complexity index is 159. The maximum absolute atomic E-state index is 13.6. The minimum absolute atomic E-state index is 1.26. The molecule has 76 valence electrons. The van der Waals surface area contributed by atoms with E-state index in [1.165, 1.54) is 41.5 Å². The zero-order chi connectivity index (χ0) is 10.4. The van der Waals surface area contributed by atoms with Crippen LogP contribution in [0.2, 0.25) is 0 Å². The molecule has 0 unspecified atom stereocenters. The number of hydrogen-bond acceptors (Lipinski definition) is 0. The minimum atomic E-state index is -6.08. The molecular formula is C8H18F3P. The molecule has 0 spiro atoms. The van der Waals surface area contributed by atoms with Crippen LogP contribution in [0.15, 0.2) is 0 Å². The molecule has 0 nitrogen and oxygen atoms in total. The monoisotopic (exact) mass is 202 g/mol. The topological polar surface area (TPSA) is 0 Å². The Labute approximate surface area is 72.8 Å². The molecule has 0 aromatic heterocycles. The van der Waals surface area contributed by atoms with Gasteiger partial charge in [0.1, 0.15) is 0 Å². The summed E-state index contributed by atoms with van der Waals surface area (Å²) in [5.41, 5.74) is 0. The van der Waals surface area contributed by atoms with Crippen LogP contribution in [0.5, 0.6) is 0 Å². The summed E-state index contributed by atoms with van der Waals surface area (Å²) in [6.07, 6.45) is 0. The molecule has 0 aromatic carbocycles. The molecule has 0 rings (SSSR count). The third-order valence-corrected chi connectivity index (χ3v) is 6.58. The molecule has 0 heterocycles. The second-order valence-electron chi connectivity index (χ2n) is 5.15. The van der Waals surface area contributed by atoms with Gasteiger partial charge in [-0.25, -0.2) is 0 Å².